The summed E-state index contributed by atoms with van der Waals surface area (Å²) in [6.45, 7) is 16.3. The number of nitrogens with zero attached hydrogens (tertiary/aromatic N) is 4. The normalized spacial score (nSPS) is 14.0. The Balaban J connectivity index is 1.51. The lowest BCUT2D eigenvalue weighted by molar-refractivity contribution is -0.126. The summed E-state index contributed by atoms with van der Waals surface area (Å²) < 4.78 is 0. The van der Waals surface area contributed by atoms with Crippen LogP contribution in [0.2, 0.25) is 0 Å². The van der Waals surface area contributed by atoms with E-state index in [2.05, 4.69) is 58.9 Å². The molecular formula is C46H66N8O5S2. The number of aliphatic hydroxyl groups excluding tert-OH is 1. The molecule has 332 valence electrons. The first-order valence-corrected chi connectivity index (χ1v) is 23.0. The maximum absolute atomic E-state index is 14.1. The number of urea groups is 2. The summed E-state index contributed by atoms with van der Waals surface area (Å²) in [5, 5.41) is 30.0. The fourth-order valence-corrected chi connectivity index (χ4v) is 8.42. The second-order valence-electron chi connectivity index (χ2n) is 17.2. The summed E-state index contributed by atoms with van der Waals surface area (Å²) in [6, 6.07) is 15.3. The van der Waals surface area contributed by atoms with E-state index >= 15 is 0 Å². The summed E-state index contributed by atoms with van der Waals surface area (Å²) in [6.07, 6.45) is -0.330. The zero-order chi connectivity index (χ0) is 44.8. The van der Waals surface area contributed by atoms with Crippen molar-refractivity contribution in [2.45, 2.75) is 130 Å². The Morgan fingerprint density at radius 1 is 0.607 bits per heavy atom. The average molecular weight is 875 g/mol. The number of aliphatic hydroxyl groups is 1. The van der Waals surface area contributed by atoms with Gasteiger partial charge in [-0.05, 0) is 42.2 Å². The highest BCUT2D eigenvalue weighted by atomic mass is 32.1. The highest BCUT2D eigenvalue weighted by Gasteiger charge is 2.33. The number of rotatable bonds is 21. The number of amides is 6. The molecule has 0 saturated heterocycles. The van der Waals surface area contributed by atoms with E-state index in [9.17, 15) is 24.3 Å². The number of nitrogens with one attached hydrogen (secondary N) is 4. The number of hydrogen-bond acceptors (Lipinski definition) is 9. The molecule has 5 unspecified atom stereocenters. The molecule has 0 bridgehead atoms. The van der Waals surface area contributed by atoms with Gasteiger partial charge in [0.2, 0.25) is 11.8 Å². The summed E-state index contributed by atoms with van der Waals surface area (Å²) >= 11 is 3.12. The first-order chi connectivity index (χ1) is 28.9. The van der Waals surface area contributed by atoms with Crippen LogP contribution in [0, 0.1) is 11.8 Å². The molecule has 6 amide bonds. The van der Waals surface area contributed by atoms with Crippen molar-refractivity contribution in [3.05, 3.63) is 104 Å². The van der Waals surface area contributed by atoms with E-state index < -0.39 is 48.2 Å². The van der Waals surface area contributed by atoms with E-state index in [4.69, 9.17) is 0 Å². The smallest absolute Gasteiger partial charge is 0.318 e. The first-order valence-electron chi connectivity index (χ1n) is 21.2. The van der Waals surface area contributed by atoms with E-state index in [-0.39, 0.29) is 42.5 Å². The SMILES string of the molecule is CC(C)c1nc(CN(C)C(=O)NC(C(=O)NC(Cc2ccccc2)CC(O)C(Cc2ccccc2)NC(=O)C(NC(=O)N(C)Cc2csc(C(C)C)n2)C(C)C)C(C)C)cs1. The van der Waals surface area contributed by atoms with Gasteiger partial charge in [0, 0.05) is 42.7 Å². The van der Waals surface area contributed by atoms with Crippen LogP contribution in [0.1, 0.15) is 106 Å². The fraction of sp³-hybridized carbons (Fsp3) is 0.522. The summed E-state index contributed by atoms with van der Waals surface area (Å²) in [7, 11) is 3.34. The Morgan fingerprint density at radius 2 is 1.02 bits per heavy atom. The Hall–Kier alpha value is -4.86. The monoisotopic (exact) mass is 874 g/mol. The molecule has 0 radical (unpaired) electrons. The van der Waals surface area contributed by atoms with Gasteiger partial charge in [-0.25, -0.2) is 19.6 Å². The molecule has 2 aromatic heterocycles. The van der Waals surface area contributed by atoms with Crippen molar-refractivity contribution in [3.8, 4) is 0 Å². The predicted molar refractivity (Wildman–Crippen MR) is 244 cm³/mol. The Labute approximate surface area is 370 Å². The van der Waals surface area contributed by atoms with Crippen LogP contribution in [0.25, 0.3) is 0 Å². The first kappa shape index (κ1) is 48.8. The van der Waals surface area contributed by atoms with Gasteiger partial charge in [-0.1, -0.05) is 116 Å². The van der Waals surface area contributed by atoms with Gasteiger partial charge in [0.05, 0.1) is 46.6 Å². The van der Waals surface area contributed by atoms with Crippen LogP contribution in [0.5, 0.6) is 0 Å². The topological polar surface area (TPSA) is 169 Å². The molecule has 0 saturated carbocycles. The molecule has 0 spiro atoms. The van der Waals surface area contributed by atoms with Crippen LogP contribution in [-0.2, 0) is 35.5 Å². The van der Waals surface area contributed by atoms with Gasteiger partial charge in [0.25, 0.3) is 0 Å². The van der Waals surface area contributed by atoms with Gasteiger partial charge in [-0.15, -0.1) is 22.7 Å². The van der Waals surface area contributed by atoms with E-state index in [0.29, 0.717) is 19.4 Å². The van der Waals surface area contributed by atoms with Crippen LogP contribution in [0.3, 0.4) is 0 Å². The zero-order valence-electron chi connectivity index (χ0n) is 37.3. The summed E-state index contributed by atoms with van der Waals surface area (Å²) in [5.41, 5.74) is 3.41. The lowest BCUT2D eigenvalue weighted by atomic mass is 9.92. The van der Waals surface area contributed by atoms with Crippen molar-refractivity contribution in [1.29, 1.82) is 0 Å². The largest absolute Gasteiger partial charge is 0.391 e. The number of carbonyl (C=O) groups excluding carboxylic acids is 4. The van der Waals surface area contributed by atoms with Crippen molar-refractivity contribution < 1.29 is 24.3 Å². The second-order valence-corrected chi connectivity index (χ2v) is 19.0. The average Bonchev–Trinajstić information content (AvgIpc) is 3.89. The van der Waals surface area contributed by atoms with Crippen molar-refractivity contribution in [2.75, 3.05) is 14.1 Å². The molecule has 4 aromatic rings. The predicted octanol–water partition coefficient (Wildman–Crippen LogP) is 7.08. The maximum atomic E-state index is 14.1. The standard InChI is InChI=1S/C46H66N8O5S2/c1-28(2)39(51-45(58)53(9)24-35-26-60-43(48-35)30(5)6)41(56)47-34(21-32-17-13-11-14-18-32)23-38(55)37(22-33-19-15-12-16-20-33)50-42(57)40(29(3)4)52-46(59)54(10)25-36-27-61-44(49-36)31(7)8/h11-20,26-31,34,37-40,55H,21-25H2,1-10H3,(H,47,56)(H,50,57)(H,51,58)(H,52,59). The van der Waals surface area contributed by atoms with Gasteiger partial charge in [-0.2, -0.15) is 0 Å². The molecular weight excluding hydrogens is 809 g/mol. The van der Waals surface area contributed by atoms with Crippen LogP contribution < -0.4 is 21.3 Å². The van der Waals surface area contributed by atoms with Crippen molar-refractivity contribution in [3.63, 3.8) is 0 Å². The maximum Gasteiger partial charge on any atom is 0.318 e. The van der Waals surface area contributed by atoms with E-state index in [0.717, 1.165) is 32.5 Å². The molecule has 13 nitrogen and oxygen atoms in total. The quantitative estimate of drug-likeness (QED) is 0.0596. The van der Waals surface area contributed by atoms with Gasteiger partial charge in [0.1, 0.15) is 12.1 Å². The lowest BCUT2D eigenvalue weighted by Gasteiger charge is -2.32. The minimum absolute atomic E-state index is 0.0898. The molecule has 4 rings (SSSR count). The molecule has 2 aromatic carbocycles. The Kier molecular flexibility index (Phi) is 18.7. The Morgan fingerprint density at radius 3 is 1.41 bits per heavy atom. The molecule has 0 aliphatic carbocycles. The van der Waals surface area contributed by atoms with Gasteiger partial charge >= 0.3 is 12.1 Å². The number of hydrogen-bond donors (Lipinski definition) is 5. The van der Waals surface area contributed by atoms with Crippen LogP contribution in [0.15, 0.2) is 71.4 Å². The lowest BCUT2D eigenvalue weighted by Crippen LogP contribution is -2.58. The third-order valence-electron chi connectivity index (χ3n) is 10.4. The fourth-order valence-electron chi connectivity index (χ4n) is 6.77. The summed E-state index contributed by atoms with van der Waals surface area (Å²) in [5.74, 6) is -0.765. The molecule has 0 aliphatic heterocycles. The highest BCUT2D eigenvalue weighted by molar-refractivity contribution is 7.10. The van der Waals surface area contributed by atoms with Gasteiger partial charge < -0.3 is 36.2 Å². The van der Waals surface area contributed by atoms with E-state index in [1.165, 1.54) is 9.80 Å². The second kappa shape index (κ2) is 23.4. The third kappa shape index (κ3) is 15.2. The molecule has 15 heteroatoms. The third-order valence-corrected chi connectivity index (χ3v) is 12.8. The minimum Gasteiger partial charge on any atom is -0.391 e. The van der Waals surface area contributed by atoms with E-state index in [1.807, 2.05) is 99.1 Å². The number of aromatic nitrogens is 2. The molecule has 61 heavy (non-hydrogen) atoms. The molecule has 5 atom stereocenters. The summed E-state index contributed by atoms with van der Waals surface area (Å²) in [4.78, 5) is 67.4. The molecule has 0 fully saturated rings. The van der Waals surface area contributed by atoms with Crippen LogP contribution in [-0.4, -0.2) is 93.1 Å². The van der Waals surface area contributed by atoms with Gasteiger partial charge in [0.15, 0.2) is 0 Å². The van der Waals surface area contributed by atoms with Crippen LogP contribution in [0.4, 0.5) is 9.59 Å². The van der Waals surface area contributed by atoms with E-state index in [1.54, 1.807) is 36.8 Å². The zero-order valence-corrected chi connectivity index (χ0v) is 39.0. The number of thiazole rings is 2. The molecule has 0 aliphatic rings. The molecule has 5 N–H and O–H groups in total. The molecule has 2 heterocycles. The Bertz CT molecular complexity index is 1990. The number of carbonyl (C=O) groups is 4. The van der Waals surface area contributed by atoms with Crippen LogP contribution >= 0.6 is 22.7 Å². The highest BCUT2D eigenvalue weighted by Crippen LogP contribution is 2.22. The van der Waals surface area contributed by atoms with Gasteiger partial charge in [-0.3, -0.25) is 9.59 Å². The minimum atomic E-state index is -1.11. The van der Waals surface area contributed by atoms with Crippen molar-refractivity contribution in [2.24, 2.45) is 11.8 Å². The van der Waals surface area contributed by atoms with Crippen molar-refractivity contribution in [1.82, 2.24) is 41.0 Å². The number of benzene rings is 2. The van der Waals surface area contributed by atoms with Crippen molar-refractivity contribution >= 4 is 46.6 Å².